The highest BCUT2D eigenvalue weighted by molar-refractivity contribution is 5.93. The number of rotatable bonds is 6. The van der Waals surface area contributed by atoms with E-state index in [2.05, 4.69) is 22.3 Å². The summed E-state index contributed by atoms with van der Waals surface area (Å²) in [4.78, 5) is 13.7. The van der Waals surface area contributed by atoms with Crippen molar-refractivity contribution >= 4 is 11.6 Å². The van der Waals surface area contributed by atoms with Gasteiger partial charge in [0.2, 0.25) is 5.91 Å². The highest BCUT2D eigenvalue weighted by atomic mass is 19.1. The summed E-state index contributed by atoms with van der Waals surface area (Å²) in [7, 11) is 0. The second-order valence-electron chi connectivity index (χ2n) is 7.62. The van der Waals surface area contributed by atoms with E-state index in [9.17, 15) is 9.18 Å². The van der Waals surface area contributed by atoms with Gasteiger partial charge in [-0.25, -0.2) is 4.39 Å². The quantitative estimate of drug-likeness (QED) is 0.861. The number of carbonyl (C=O) groups excluding carboxylic acids is 1. The normalized spacial score (nSPS) is 18.7. The number of anilines is 1. The number of amides is 1. The Morgan fingerprint density at radius 2 is 1.88 bits per heavy atom. The lowest BCUT2D eigenvalue weighted by Crippen LogP contribution is -2.50. The lowest BCUT2D eigenvalue weighted by Gasteiger charge is -2.40. The fourth-order valence-electron chi connectivity index (χ4n) is 4.07. The summed E-state index contributed by atoms with van der Waals surface area (Å²) in [6.45, 7) is 2.48. The first-order chi connectivity index (χ1) is 12.7. The van der Waals surface area contributed by atoms with Gasteiger partial charge in [-0.1, -0.05) is 42.5 Å². The van der Waals surface area contributed by atoms with E-state index in [0.29, 0.717) is 25.3 Å². The van der Waals surface area contributed by atoms with Crippen molar-refractivity contribution < 1.29 is 9.18 Å². The van der Waals surface area contributed by atoms with E-state index in [4.69, 9.17) is 0 Å². The molecule has 2 aromatic carbocycles. The third kappa shape index (κ3) is 4.13. The lowest BCUT2D eigenvalue weighted by atomic mass is 9.90. The molecule has 1 fully saturated rings. The second kappa shape index (κ2) is 7.58. The molecule has 1 unspecified atom stereocenters. The minimum atomic E-state index is -0.800. The molecule has 0 bridgehead atoms. The van der Waals surface area contributed by atoms with Gasteiger partial charge in [-0.15, -0.1) is 0 Å². The minimum Gasteiger partial charge on any atom is -0.326 e. The van der Waals surface area contributed by atoms with Gasteiger partial charge in [0.15, 0.2) is 0 Å². The molecule has 1 N–H and O–H groups in total. The van der Waals surface area contributed by atoms with Crippen molar-refractivity contribution in [2.75, 3.05) is 25.0 Å². The first-order valence-corrected chi connectivity index (χ1v) is 9.48. The molecule has 0 aliphatic carbocycles. The first-order valence-electron chi connectivity index (χ1n) is 9.48. The molecule has 0 saturated carbocycles. The number of aryl methyl sites for hydroxylation is 1. The van der Waals surface area contributed by atoms with Crippen molar-refractivity contribution in [1.29, 1.82) is 0 Å². The number of fused-ring (bicyclic) bond motifs is 1. The zero-order chi connectivity index (χ0) is 17.9. The van der Waals surface area contributed by atoms with Crippen LogP contribution in [0.1, 0.15) is 23.1 Å². The van der Waals surface area contributed by atoms with Gasteiger partial charge in [-0.2, -0.15) is 0 Å². The molecule has 26 heavy (non-hydrogen) atoms. The van der Waals surface area contributed by atoms with E-state index in [1.54, 1.807) is 0 Å². The molecule has 0 aromatic heterocycles. The minimum absolute atomic E-state index is 0.108. The van der Waals surface area contributed by atoms with Gasteiger partial charge in [-0.05, 0) is 41.5 Å². The molecule has 2 heterocycles. The Hall–Kier alpha value is -2.20. The summed E-state index contributed by atoms with van der Waals surface area (Å²) in [5.74, 6) is 0.714. The van der Waals surface area contributed by atoms with Crippen molar-refractivity contribution in [2.45, 2.75) is 31.9 Å². The zero-order valence-corrected chi connectivity index (χ0v) is 15.0. The zero-order valence-electron chi connectivity index (χ0n) is 15.0. The third-order valence-corrected chi connectivity index (χ3v) is 5.38. The van der Waals surface area contributed by atoms with Gasteiger partial charge in [0, 0.05) is 38.2 Å². The number of benzene rings is 2. The van der Waals surface area contributed by atoms with Crippen LogP contribution in [0.25, 0.3) is 0 Å². The standard InChI is InChI=1S/C22H25FN2O/c23-20(12-16-4-2-1-3-5-16)15-25-13-18(14-25)10-17-6-8-21-19(11-17)7-9-22(26)24-21/h1-6,8,11,18,20H,7,9-10,12-15H2,(H,24,26). The molecule has 4 heteroatoms. The molecule has 4 rings (SSSR count). The van der Waals surface area contributed by atoms with Crippen LogP contribution in [0.5, 0.6) is 0 Å². The van der Waals surface area contributed by atoms with Crippen LogP contribution < -0.4 is 5.32 Å². The molecule has 136 valence electrons. The smallest absolute Gasteiger partial charge is 0.224 e. The molecule has 0 spiro atoms. The van der Waals surface area contributed by atoms with Gasteiger partial charge < -0.3 is 5.32 Å². The van der Waals surface area contributed by atoms with E-state index < -0.39 is 6.17 Å². The van der Waals surface area contributed by atoms with Gasteiger partial charge >= 0.3 is 0 Å². The van der Waals surface area contributed by atoms with Crippen LogP contribution in [0.2, 0.25) is 0 Å². The van der Waals surface area contributed by atoms with Crippen LogP contribution in [0.15, 0.2) is 48.5 Å². The highest BCUT2D eigenvalue weighted by Crippen LogP contribution is 2.27. The Labute approximate surface area is 154 Å². The molecule has 2 aliphatic rings. The number of alkyl halides is 1. The Kier molecular flexibility index (Phi) is 5.02. The fourth-order valence-corrected chi connectivity index (χ4v) is 4.07. The molecule has 1 atom stereocenters. The monoisotopic (exact) mass is 352 g/mol. The maximum absolute atomic E-state index is 14.3. The molecule has 1 amide bonds. The highest BCUT2D eigenvalue weighted by Gasteiger charge is 2.29. The Morgan fingerprint density at radius 1 is 1.08 bits per heavy atom. The summed E-state index contributed by atoms with van der Waals surface area (Å²) in [5, 5.41) is 2.93. The number of nitrogens with one attached hydrogen (secondary N) is 1. The summed E-state index contributed by atoms with van der Waals surface area (Å²) < 4.78 is 14.3. The van der Waals surface area contributed by atoms with Gasteiger partial charge in [0.05, 0.1) is 0 Å². The molecule has 0 radical (unpaired) electrons. The summed E-state index contributed by atoms with van der Waals surface area (Å²) >= 11 is 0. The van der Waals surface area contributed by atoms with E-state index in [1.165, 1.54) is 11.1 Å². The molecule has 1 saturated heterocycles. The van der Waals surface area contributed by atoms with E-state index in [0.717, 1.165) is 37.2 Å². The average Bonchev–Trinajstić information content (AvgIpc) is 2.61. The van der Waals surface area contributed by atoms with Gasteiger partial charge in [0.1, 0.15) is 6.17 Å². The Balaban J connectivity index is 1.23. The number of halogens is 1. The third-order valence-electron chi connectivity index (χ3n) is 5.38. The maximum Gasteiger partial charge on any atom is 0.224 e. The van der Waals surface area contributed by atoms with E-state index >= 15 is 0 Å². The Morgan fingerprint density at radius 3 is 2.69 bits per heavy atom. The first kappa shape index (κ1) is 17.2. The summed E-state index contributed by atoms with van der Waals surface area (Å²) in [5.41, 5.74) is 4.59. The van der Waals surface area contributed by atoms with Crippen LogP contribution in [-0.4, -0.2) is 36.6 Å². The maximum atomic E-state index is 14.3. The summed E-state index contributed by atoms with van der Waals surface area (Å²) in [6.07, 6.45) is 2.14. The van der Waals surface area contributed by atoms with Crippen molar-refractivity contribution in [1.82, 2.24) is 4.90 Å². The van der Waals surface area contributed by atoms with Crippen LogP contribution >= 0.6 is 0 Å². The van der Waals surface area contributed by atoms with Crippen LogP contribution in [0.3, 0.4) is 0 Å². The number of hydrogen-bond donors (Lipinski definition) is 1. The van der Waals surface area contributed by atoms with Gasteiger partial charge in [0.25, 0.3) is 0 Å². The molecular formula is C22H25FN2O. The topological polar surface area (TPSA) is 32.3 Å². The molecule has 2 aromatic rings. The number of hydrogen-bond acceptors (Lipinski definition) is 2. The van der Waals surface area contributed by atoms with Crippen molar-refractivity contribution in [3.63, 3.8) is 0 Å². The number of carbonyl (C=O) groups is 1. The largest absolute Gasteiger partial charge is 0.326 e. The van der Waals surface area contributed by atoms with Crippen LogP contribution in [0, 0.1) is 5.92 Å². The molecule has 2 aliphatic heterocycles. The van der Waals surface area contributed by atoms with E-state index in [-0.39, 0.29) is 5.91 Å². The van der Waals surface area contributed by atoms with E-state index in [1.807, 2.05) is 36.4 Å². The predicted octanol–water partition coefficient (Wildman–Crippen LogP) is 3.63. The lowest BCUT2D eigenvalue weighted by molar-refractivity contribution is -0.116. The summed E-state index contributed by atoms with van der Waals surface area (Å²) in [6, 6.07) is 16.2. The SMILES string of the molecule is O=C1CCc2cc(CC3CN(CC(F)Cc4ccccc4)C3)ccc2N1. The number of nitrogens with zero attached hydrogens (tertiary/aromatic N) is 1. The van der Waals surface area contributed by atoms with Gasteiger partial charge in [-0.3, -0.25) is 9.69 Å². The molecular weight excluding hydrogens is 327 g/mol. The van der Waals surface area contributed by atoms with Crippen molar-refractivity contribution in [3.8, 4) is 0 Å². The predicted molar refractivity (Wildman–Crippen MR) is 102 cm³/mol. The Bertz CT molecular complexity index is 771. The van der Waals surface area contributed by atoms with Crippen LogP contribution in [0.4, 0.5) is 10.1 Å². The number of likely N-dealkylation sites (tertiary alicyclic amines) is 1. The average molecular weight is 352 g/mol. The van der Waals surface area contributed by atoms with Crippen LogP contribution in [-0.2, 0) is 24.1 Å². The van der Waals surface area contributed by atoms with Crippen molar-refractivity contribution in [2.24, 2.45) is 5.92 Å². The second-order valence-corrected chi connectivity index (χ2v) is 7.62. The van der Waals surface area contributed by atoms with Crippen molar-refractivity contribution in [3.05, 3.63) is 65.2 Å². The molecule has 3 nitrogen and oxygen atoms in total. The fraction of sp³-hybridized carbons (Fsp3) is 0.409.